The topological polar surface area (TPSA) is 28.2 Å². The van der Waals surface area contributed by atoms with E-state index in [0.717, 1.165) is 0 Å². The highest BCUT2D eigenvalue weighted by Crippen LogP contribution is 2.18. The van der Waals surface area contributed by atoms with Crippen molar-refractivity contribution < 1.29 is 13.2 Å². The quantitative estimate of drug-likeness (QED) is 0.853. The van der Waals surface area contributed by atoms with Crippen molar-refractivity contribution in [3.63, 3.8) is 0 Å². The summed E-state index contributed by atoms with van der Waals surface area (Å²) in [7, 11) is 1.73. The van der Waals surface area contributed by atoms with Gasteiger partial charge in [0.1, 0.15) is 5.82 Å². The fraction of sp³-hybridized carbons (Fsp3) is 0.583. The van der Waals surface area contributed by atoms with Crippen LogP contribution in [0, 0.1) is 0 Å². The molecule has 0 aliphatic heterocycles. The zero-order chi connectivity index (χ0) is 13.6. The van der Waals surface area contributed by atoms with E-state index in [1.54, 1.807) is 25.2 Å². The first kappa shape index (κ1) is 14.8. The predicted molar refractivity (Wildman–Crippen MR) is 65.4 cm³/mol. The van der Waals surface area contributed by atoms with Crippen molar-refractivity contribution >= 4 is 5.82 Å². The zero-order valence-electron chi connectivity index (χ0n) is 10.6. The summed E-state index contributed by atoms with van der Waals surface area (Å²) in [6.07, 6.45) is -3.49. The minimum absolute atomic E-state index is 0.211. The Morgan fingerprint density at radius 2 is 2.06 bits per heavy atom. The maximum Gasteiger partial charge on any atom is 0.401 e. The van der Waals surface area contributed by atoms with E-state index < -0.39 is 12.7 Å². The van der Waals surface area contributed by atoms with Gasteiger partial charge in [0.25, 0.3) is 0 Å². The molecule has 0 bridgehead atoms. The summed E-state index contributed by atoms with van der Waals surface area (Å²) in [6.45, 7) is 1.58. The average molecular weight is 261 g/mol. The van der Waals surface area contributed by atoms with Gasteiger partial charge in [-0.05, 0) is 25.1 Å². The molecule has 0 saturated heterocycles. The maximum absolute atomic E-state index is 12.4. The summed E-state index contributed by atoms with van der Waals surface area (Å²) in [5.74, 6) is 0.663. The number of aromatic nitrogens is 1. The first-order valence-electron chi connectivity index (χ1n) is 5.87. The molecule has 6 heteroatoms. The minimum Gasteiger partial charge on any atom is -0.373 e. The lowest BCUT2D eigenvalue weighted by molar-refractivity contribution is -0.147. The fourth-order valence-electron chi connectivity index (χ4n) is 1.72. The molecule has 0 aliphatic rings. The van der Waals surface area contributed by atoms with Gasteiger partial charge >= 0.3 is 6.18 Å². The van der Waals surface area contributed by atoms with Crippen LogP contribution in [0.4, 0.5) is 19.0 Å². The average Bonchev–Trinajstić information content (AvgIpc) is 2.27. The predicted octanol–water partition coefficient (Wildman–Crippen LogP) is 2.90. The molecule has 0 fully saturated rings. The number of hydrogen-bond acceptors (Lipinski definition) is 3. The van der Waals surface area contributed by atoms with Gasteiger partial charge in [-0.2, -0.15) is 13.2 Å². The summed E-state index contributed by atoms with van der Waals surface area (Å²) in [5, 5.41) is 2.87. The SMILES string of the molecule is CCCN(Cc1cccc(NC)n1)CC(F)(F)F. The molecule has 18 heavy (non-hydrogen) atoms. The molecule has 0 aromatic carbocycles. The van der Waals surface area contributed by atoms with Crippen molar-refractivity contribution in [3.05, 3.63) is 23.9 Å². The molecule has 3 nitrogen and oxygen atoms in total. The Morgan fingerprint density at radius 3 is 2.61 bits per heavy atom. The Bertz CT molecular complexity index is 366. The number of nitrogens with one attached hydrogen (secondary N) is 1. The van der Waals surface area contributed by atoms with Gasteiger partial charge in [-0.3, -0.25) is 4.90 Å². The smallest absolute Gasteiger partial charge is 0.373 e. The van der Waals surface area contributed by atoms with Gasteiger partial charge in [0, 0.05) is 13.6 Å². The number of anilines is 1. The van der Waals surface area contributed by atoms with Crippen LogP contribution in [0.25, 0.3) is 0 Å². The van der Waals surface area contributed by atoms with Crippen molar-refractivity contribution in [3.8, 4) is 0 Å². The molecule has 0 saturated carbocycles. The lowest BCUT2D eigenvalue weighted by Gasteiger charge is -2.22. The summed E-state index contributed by atoms with van der Waals surface area (Å²) in [5.41, 5.74) is 0.638. The lowest BCUT2D eigenvalue weighted by Crippen LogP contribution is -2.34. The highest BCUT2D eigenvalue weighted by atomic mass is 19.4. The van der Waals surface area contributed by atoms with Crippen molar-refractivity contribution in [2.24, 2.45) is 0 Å². The molecule has 1 aromatic rings. The Kier molecular flexibility index (Phi) is 5.40. The van der Waals surface area contributed by atoms with Crippen LogP contribution >= 0.6 is 0 Å². The van der Waals surface area contributed by atoms with Crippen LogP contribution in [0.15, 0.2) is 18.2 Å². The molecular formula is C12H18F3N3. The van der Waals surface area contributed by atoms with Gasteiger partial charge < -0.3 is 5.32 Å². The molecule has 1 rings (SSSR count). The summed E-state index contributed by atoms with van der Waals surface area (Å²) in [4.78, 5) is 5.59. The molecule has 0 spiro atoms. The van der Waals surface area contributed by atoms with E-state index in [9.17, 15) is 13.2 Å². The number of rotatable bonds is 6. The normalized spacial score (nSPS) is 11.9. The van der Waals surface area contributed by atoms with Crippen LogP contribution in [-0.4, -0.2) is 36.2 Å². The molecule has 0 aliphatic carbocycles. The Balaban J connectivity index is 2.69. The summed E-state index contributed by atoms with van der Waals surface area (Å²) >= 11 is 0. The van der Waals surface area contributed by atoms with Gasteiger partial charge in [-0.25, -0.2) is 4.98 Å². The van der Waals surface area contributed by atoms with Crippen LogP contribution in [0.2, 0.25) is 0 Å². The van der Waals surface area contributed by atoms with E-state index in [1.807, 2.05) is 6.92 Å². The third-order valence-electron chi connectivity index (χ3n) is 2.39. The molecule has 1 N–H and O–H groups in total. The van der Waals surface area contributed by atoms with Crippen molar-refractivity contribution in [2.75, 3.05) is 25.5 Å². The highest BCUT2D eigenvalue weighted by Gasteiger charge is 2.30. The summed E-state index contributed by atoms with van der Waals surface area (Å²) < 4.78 is 37.2. The molecule has 1 aromatic heterocycles. The van der Waals surface area contributed by atoms with Gasteiger partial charge in [-0.15, -0.1) is 0 Å². The van der Waals surface area contributed by atoms with Crippen LogP contribution in [0.5, 0.6) is 0 Å². The number of hydrogen-bond donors (Lipinski definition) is 1. The fourth-order valence-corrected chi connectivity index (χ4v) is 1.72. The van der Waals surface area contributed by atoms with E-state index in [0.29, 0.717) is 24.5 Å². The molecule has 102 valence electrons. The zero-order valence-corrected chi connectivity index (χ0v) is 10.6. The molecule has 0 amide bonds. The third-order valence-corrected chi connectivity index (χ3v) is 2.39. The van der Waals surface area contributed by atoms with Gasteiger partial charge in [-0.1, -0.05) is 13.0 Å². The molecule has 0 atom stereocenters. The van der Waals surface area contributed by atoms with E-state index in [1.165, 1.54) is 4.90 Å². The van der Waals surface area contributed by atoms with Crippen molar-refractivity contribution in [1.29, 1.82) is 0 Å². The van der Waals surface area contributed by atoms with E-state index >= 15 is 0 Å². The molecular weight excluding hydrogens is 243 g/mol. The molecule has 1 heterocycles. The Morgan fingerprint density at radius 1 is 1.33 bits per heavy atom. The van der Waals surface area contributed by atoms with Gasteiger partial charge in [0.05, 0.1) is 12.2 Å². The second-order valence-corrected chi connectivity index (χ2v) is 4.09. The Labute approximate surface area is 105 Å². The van der Waals surface area contributed by atoms with Crippen molar-refractivity contribution in [2.45, 2.75) is 26.1 Å². The van der Waals surface area contributed by atoms with E-state index in [4.69, 9.17) is 0 Å². The van der Waals surface area contributed by atoms with Crippen molar-refractivity contribution in [1.82, 2.24) is 9.88 Å². The van der Waals surface area contributed by atoms with Gasteiger partial charge in [0.2, 0.25) is 0 Å². The number of pyridine rings is 1. The second-order valence-electron chi connectivity index (χ2n) is 4.09. The number of halogens is 3. The number of nitrogens with zero attached hydrogens (tertiary/aromatic N) is 2. The van der Waals surface area contributed by atoms with Crippen LogP contribution in [0.1, 0.15) is 19.0 Å². The maximum atomic E-state index is 12.4. The van der Waals surface area contributed by atoms with Crippen LogP contribution in [0.3, 0.4) is 0 Å². The first-order valence-corrected chi connectivity index (χ1v) is 5.87. The van der Waals surface area contributed by atoms with E-state index in [-0.39, 0.29) is 6.54 Å². The monoisotopic (exact) mass is 261 g/mol. The lowest BCUT2D eigenvalue weighted by atomic mass is 10.3. The Hall–Kier alpha value is -1.30. The molecule has 0 unspecified atom stereocenters. The van der Waals surface area contributed by atoms with Crippen LogP contribution in [-0.2, 0) is 6.54 Å². The van der Waals surface area contributed by atoms with E-state index in [2.05, 4.69) is 10.3 Å². The number of alkyl halides is 3. The standard InChI is InChI=1S/C12H18F3N3/c1-3-7-18(9-12(13,14)15)8-10-5-4-6-11(16-2)17-10/h4-6H,3,7-9H2,1-2H3,(H,16,17). The first-order chi connectivity index (χ1) is 8.44. The largest absolute Gasteiger partial charge is 0.401 e. The third kappa shape index (κ3) is 5.35. The second kappa shape index (κ2) is 6.58. The molecule has 0 radical (unpaired) electrons. The van der Waals surface area contributed by atoms with Crippen LogP contribution < -0.4 is 5.32 Å². The highest BCUT2D eigenvalue weighted by molar-refractivity contribution is 5.34. The minimum atomic E-state index is -4.17. The summed E-state index contributed by atoms with van der Waals surface area (Å²) in [6, 6.07) is 5.29. The van der Waals surface area contributed by atoms with Gasteiger partial charge in [0.15, 0.2) is 0 Å².